The van der Waals surface area contributed by atoms with Crippen LogP contribution < -0.4 is 0 Å². The van der Waals surface area contributed by atoms with Crippen molar-refractivity contribution in [2.24, 2.45) is 0 Å². The molecule has 52 valence electrons. The fraction of sp³-hybridized carbons (Fsp3) is 0.500. The van der Waals surface area contributed by atoms with Crippen molar-refractivity contribution in [3.05, 3.63) is 12.2 Å². The summed E-state index contributed by atoms with van der Waals surface area (Å²) in [5, 5.41) is 8.69. The van der Waals surface area contributed by atoms with Crippen LogP contribution in [-0.2, 0) is 9.53 Å². The van der Waals surface area contributed by atoms with E-state index in [-0.39, 0.29) is 0 Å². The Balaban J connectivity index is 3.50. The fourth-order valence-electron chi connectivity index (χ4n) is 0.374. The molecule has 1 N–H and O–H groups in total. The molecule has 0 saturated heterocycles. The summed E-state index contributed by atoms with van der Waals surface area (Å²) in [7, 11) is 0. The summed E-state index contributed by atoms with van der Waals surface area (Å²) in [6.45, 7) is 2.97. The Bertz CT molecular complexity index is 117. The maximum absolute atomic E-state index is 10.1. The maximum Gasteiger partial charge on any atom is 0.305 e. The lowest BCUT2D eigenvalue weighted by molar-refractivity contribution is -0.157. The largest absolute Gasteiger partial charge is 0.432 e. The van der Waals surface area contributed by atoms with Gasteiger partial charge in [0.2, 0.25) is 6.29 Å². The third kappa shape index (κ3) is 5.03. The summed E-state index contributed by atoms with van der Waals surface area (Å²) >= 11 is 0. The molecule has 0 aliphatic heterocycles. The first-order chi connectivity index (χ1) is 4.16. The Morgan fingerprint density at radius 2 is 2.33 bits per heavy atom. The third-order valence-corrected chi connectivity index (χ3v) is 0.644. The van der Waals surface area contributed by atoms with Crippen LogP contribution in [-0.4, -0.2) is 17.4 Å². The summed E-state index contributed by atoms with van der Waals surface area (Å²) in [5.41, 5.74) is 0. The molecule has 9 heavy (non-hydrogen) atoms. The Kier molecular flexibility index (Phi) is 3.71. The summed E-state index contributed by atoms with van der Waals surface area (Å²) in [6, 6.07) is 0. The molecule has 3 nitrogen and oxygen atoms in total. The first-order valence-electron chi connectivity index (χ1n) is 2.65. The average molecular weight is 130 g/mol. The van der Waals surface area contributed by atoms with Crippen molar-refractivity contribution >= 4 is 5.97 Å². The molecule has 0 saturated carbocycles. The van der Waals surface area contributed by atoms with Crippen LogP contribution in [0.15, 0.2) is 12.2 Å². The SMILES string of the molecule is C/C=C/C(O)OC(C)=O. The zero-order valence-electron chi connectivity index (χ0n) is 5.50. The minimum absolute atomic E-state index is 0.486. The van der Waals surface area contributed by atoms with E-state index in [9.17, 15) is 4.79 Å². The second kappa shape index (κ2) is 4.09. The highest BCUT2D eigenvalue weighted by atomic mass is 16.6. The Labute approximate surface area is 53.9 Å². The van der Waals surface area contributed by atoms with Crippen molar-refractivity contribution in [2.75, 3.05) is 0 Å². The summed E-state index contributed by atoms with van der Waals surface area (Å²) in [6.07, 6.45) is 1.89. The molecule has 0 radical (unpaired) electrons. The van der Waals surface area contributed by atoms with Gasteiger partial charge in [-0.2, -0.15) is 0 Å². The molecule has 0 amide bonds. The van der Waals surface area contributed by atoms with Gasteiger partial charge in [0.15, 0.2) is 0 Å². The van der Waals surface area contributed by atoms with Crippen molar-refractivity contribution in [3.63, 3.8) is 0 Å². The van der Waals surface area contributed by atoms with E-state index >= 15 is 0 Å². The van der Waals surface area contributed by atoms with Gasteiger partial charge in [0.1, 0.15) is 0 Å². The van der Waals surface area contributed by atoms with Gasteiger partial charge in [-0.05, 0) is 13.0 Å². The Morgan fingerprint density at radius 1 is 1.78 bits per heavy atom. The van der Waals surface area contributed by atoms with Gasteiger partial charge in [-0.3, -0.25) is 4.79 Å². The molecule has 0 aromatic rings. The maximum atomic E-state index is 10.1. The Hall–Kier alpha value is -0.830. The molecular formula is C6H10O3. The number of allylic oxidation sites excluding steroid dienone is 1. The molecule has 0 spiro atoms. The van der Waals surface area contributed by atoms with Gasteiger partial charge in [0.05, 0.1) is 0 Å². The van der Waals surface area contributed by atoms with Gasteiger partial charge >= 0.3 is 5.97 Å². The second-order valence-electron chi connectivity index (χ2n) is 1.53. The van der Waals surface area contributed by atoms with E-state index in [1.807, 2.05) is 0 Å². The molecular weight excluding hydrogens is 120 g/mol. The van der Waals surface area contributed by atoms with Gasteiger partial charge in [0.25, 0.3) is 0 Å². The molecule has 0 aromatic heterocycles. The predicted molar refractivity (Wildman–Crippen MR) is 32.6 cm³/mol. The lowest BCUT2D eigenvalue weighted by Crippen LogP contribution is -2.11. The van der Waals surface area contributed by atoms with Crippen LogP contribution in [0.1, 0.15) is 13.8 Å². The standard InChI is InChI=1S/C6H10O3/c1-3-4-6(8)9-5(2)7/h3-4,6,8H,1-2H3/b4-3+. The van der Waals surface area contributed by atoms with E-state index in [1.165, 1.54) is 13.0 Å². The highest BCUT2D eigenvalue weighted by Crippen LogP contribution is 1.88. The van der Waals surface area contributed by atoms with Crippen molar-refractivity contribution < 1.29 is 14.6 Å². The number of aliphatic hydroxyl groups excluding tert-OH is 1. The van der Waals surface area contributed by atoms with Crippen molar-refractivity contribution in [1.82, 2.24) is 0 Å². The van der Waals surface area contributed by atoms with Crippen LogP contribution in [0.4, 0.5) is 0 Å². The van der Waals surface area contributed by atoms with E-state index in [2.05, 4.69) is 4.74 Å². The smallest absolute Gasteiger partial charge is 0.305 e. The molecule has 0 rings (SSSR count). The quantitative estimate of drug-likeness (QED) is 0.335. The number of carbonyl (C=O) groups excluding carboxylic acids is 1. The molecule has 0 aliphatic carbocycles. The number of hydrogen-bond donors (Lipinski definition) is 1. The first-order valence-corrected chi connectivity index (χ1v) is 2.65. The summed E-state index contributed by atoms with van der Waals surface area (Å²) < 4.78 is 4.32. The average Bonchev–Trinajstić information content (AvgIpc) is 1.63. The lowest BCUT2D eigenvalue weighted by Gasteiger charge is -2.03. The van der Waals surface area contributed by atoms with E-state index in [1.54, 1.807) is 13.0 Å². The van der Waals surface area contributed by atoms with Crippen LogP contribution in [0.3, 0.4) is 0 Å². The highest BCUT2D eigenvalue weighted by Gasteiger charge is 1.99. The van der Waals surface area contributed by atoms with Gasteiger partial charge in [-0.1, -0.05) is 6.08 Å². The molecule has 0 bridgehead atoms. The second-order valence-corrected chi connectivity index (χ2v) is 1.53. The van der Waals surface area contributed by atoms with Crippen LogP contribution in [0, 0.1) is 0 Å². The number of rotatable bonds is 2. The normalized spacial score (nSPS) is 13.7. The molecule has 1 unspecified atom stereocenters. The van der Waals surface area contributed by atoms with Crippen LogP contribution >= 0.6 is 0 Å². The van der Waals surface area contributed by atoms with Crippen LogP contribution in [0.2, 0.25) is 0 Å². The number of hydrogen-bond acceptors (Lipinski definition) is 3. The molecule has 1 atom stereocenters. The zero-order chi connectivity index (χ0) is 7.28. The first kappa shape index (κ1) is 8.17. The van der Waals surface area contributed by atoms with Crippen LogP contribution in [0.25, 0.3) is 0 Å². The molecule has 0 aromatic carbocycles. The zero-order valence-corrected chi connectivity index (χ0v) is 5.50. The third-order valence-electron chi connectivity index (χ3n) is 0.644. The minimum Gasteiger partial charge on any atom is -0.432 e. The predicted octanol–water partition coefficient (Wildman–Crippen LogP) is 0.444. The highest BCUT2D eigenvalue weighted by molar-refractivity contribution is 5.66. The molecule has 0 aliphatic rings. The van der Waals surface area contributed by atoms with E-state index in [0.29, 0.717) is 0 Å². The number of carbonyl (C=O) groups is 1. The van der Waals surface area contributed by atoms with Gasteiger partial charge in [-0.15, -0.1) is 0 Å². The lowest BCUT2D eigenvalue weighted by atomic mass is 10.5. The van der Waals surface area contributed by atoms with E-state index < -0.39 is 12.3 Å². The van der Waals surface area contributed by atoms with Gasteiger partial charge in [-0.25, -0.2) is 0 Å². The van der Waals surface area contributed by atoms with Gasteiger partial charge in [0, 0.05) is 6.92 Å². The molecule has 0 fully saturated rings. The molecule has 0 heterocycles. The number of esters is 1. The van der Waals surface area contributed by atoms with Gasteiger partial charge < -0.3 is 9.84 Å². The van der Waals surface area contributed by atoms with E-state index in [4.69, 9.17) is 5.11 Å². The van der Waals surface area contributed by atoms with Crippen molar-refractivity contribution in [1.29, 1.82) is 0 Å². The van der Waals surface area contributed by atoms with Crippen LogP contribution in [0.5, 0.6) is 0 Å². The fourth-order valence-corrected chi connectivity index (χ4v) is 0.374. The van der Waals surface area contributed by atoms with Crippen molar-refractivity contribution in [3.8, 4) is 0 Å². The van der Waals surface area contributed by atoms with E-state index in [0.717, 1.165) is 0 Å². The summed E-state index contributed by atoms with van der Waals surface area (Å²) in [5.74, 6) is -0.486. The monoisotopic (exact) mass is 130 g/mol. The van der Waals surface area contributed by atoms with Crippen molar-refractivity contribution in [2.45, 2.75) is 20.1 Å². The minimum atomic E-state index is -1.09. The Morgan fingerprint density at radius 3 is 2.67 bits per heavy atom. The topological polar surface area (TPSA) is 46.5 Å². The number of aliphatic hydroxyl groups is 1. The number of ether oxygens (including phenoxy) is 1. The summed E-state index contributed by atoms with van der Waals surface area (Å²) in [4.78, 5) is 10.1. The molecule has 3 heteroatoms.